The van der Waals surface area contributed by atoms with E-state index in [0.29, 0.717) is 17.9 Å². The van der Waals surface area contributed by atoms with Gasteiger partial charge in [0, 0.05) is 16.4 Å². The lowest BCUT2D eigenvalue weighted by atomic mass is 9.81. The Balaban J connectivity index is 2.04. The minimum atomic E-state index is -0.791. The zero-order valence-corrected chi connectivity index (χ0v) is 11.1. The molecule has 2 fully saturated rings. The molecule has 0 bridgehead atoms. The van der Waals surface area contributed by atoms with Gasteiger partial charge < -0.3 is 0 Å². The first-order valence-corrected chi connectivity index (χ1v) is 6.88. The van der Waals surface area contributed by atoms with Crippen molar-refractivity contribution in [2.75, 3.05) is 0 Å². The molecule has 0 heterocycles. The van der Waals surface area contributed by atoms with E-state index in [1.807, 2.05) is 6.07 Å². The number of ketones is 1. The van der Waals surface area contributed by atoms with Crippen LogP contribution in [0.2, 0.25) is 5.02 Å². The number of nitro groups is 1. The Hall–Kier alpha value is -1.42. The highest BCUT2D eigenvalue weighted by Gasteiger charge is 2.77. The molecule has 2 saturated carbocycles. The summed E-state index contributed by atoms with van der Waals surface area (Å²) in [6.07, 6.45) is 2.82. The number of hydrogen-bond acceptors (Lipinski definition) is 3. The Morgan fingerprint density at radius 1 is 1.32 bits per heavy atom. The molecule has 0 N–H and O–H groups in total. The van der Waals surface area contributed by atoms with Gasteiger partial charge in [-0.1, -0.05) is 36.2 Å². The van der Waals surface area contributed by atoms with Gasteiger partial charge in [-0.15, -0.1) is 0 Å². The second kappa shape index (κ2) is 4.30. The third kappa shape index (κ3) is 1.70. The van der Waals surface area contributed by atoms with Crippen LogP contribution in [0.1, 0.15) is 37.2 Å². The number of rotatable bonds is 2. The minimum absolute atomic E-state index is 0.0466. The molecule has 100 valence electrons. The molecular formula is C14H14ClNO3. The molecule has 2 aliphatic rings. The van der Waals surface area contributed by atoms with Gasteiger partial charge in [0.05, 0.1) is 5.92 Å². The van der Waals surface area contributed by atoms with Gasteiger partial charge in [-0.3, -0.25) is 14.9 Å². The molecule has 0 saturated heterocycles. The molecule has 0 unspecified atom stereocenters. The fourth-order valence-electron chi connectivity index (χ4n) is 3.62. The molecule has 2 aliphatic carbocycles. The first-order chi connectivity index (χ1) is 9.09. The molecule has 5 heteroatoms. The number of nitrogens with zero attached hydrogens (tertiary/aromatic N) is 1. The summed E-state index contributed by atoms with van der Waals surface area (Å²) >= 11 is 6.15. The van der Waals surface area contributed by atoms with Crippen molar-refractivity contribution in [1.82, 2.24) is 0 Å². The fourth-order valence-corrected chi connectivity index (χ4v) is 3.87. The maximum absolute atomic E-state index is 12.2. The van der Waals surface area contributed by atoms with E-state index in [2.05, 4.69) is 0 Å². The summed E-state index contributed by atoms with van der Waals surface area (Å²) in [7, 11) is 0. The predicted molar refractivity (Wildman–Crippen MR) is 70.9 cm³/mol. The minimum Gasteiger partial charge on any atom is -0.299 e. The van der Waals surface area contributed by atoms with Crippen molar-refractivity contribution in [1.29, 1.82) is 0 Å². The summed E-state index contributed by atoms with van der Waals surface area (Å²) < 4.78 is 0. The number of carbonyl (C=O) groups excluding carboxylic acids is 1. The van der Waals surface area contributed by atoms with Gasteiger partial charge >= 0.3 is 0 Å². The van der Waals surface area contributed by atoms with E-state index >= 15 is 0 Å². The van der Waals surface area contributed by atoms with Gasteiger partial charge in [0.15, 0.2) is 0 Å². The molecule has 0 radical (unpaired) electrons. The standard InChI is InChI=1S/C14H14ClNO3/c15-10-6-2-1-5-9(10)12-13(16(18)19)14(12)8-4-3-7-11(14)17/h1-2,5-6,12-13H,3-4,7-8H2/t12-,13-,14+/m0/s1. The highest BCUT2D eigenvalue weighted by Crippen LogP contribution is 2.66. The van der Waals surface area contributed by atoms with Crippen LogP contribution in [0.4, 0.5) is 0 Å². The molecular weight excluding hydrogens is 266 g/mol. The lowest BCUT2D eigenvalue weighted by molar-refractivity contribution is -0.502. The maximum atomic E-state index is 12.2. The van der Waals surface area contributed by atoms with Crippen LogP contribution in [-0.4, -0.2) is 16.7 Å². The summed E-state index contributed by atoms with van der Waals surface area (Å²) in [4.78, 5) is 23.2. The van der Waals surface area contributed by atoms with E-state index in [4.69, 9.17) is 11.6 Å². The number of halogens is 1. The summed E-state index contributed by atoms with van der Waals surface area (Å²) in [5.41, 5.74) is -0.0339. The number of Topliss-reactive ketones (excluding diaryl/α,β-unsaturated/α-hetero) is 1. The molecule has 0 amide bonds. The average molecular weight is 280 g/mol. The van der Waals surface area contributed by atoms with Gasteiger partial charge in [-0.25, -0.2) is 0 Å². The Bertz CT molecular complexity index is 559. The van der Waals surface area contributed by atoms with Crippen molar-refractivity contribution >= 4 is 17.4 Å². The van der Waals surface area contributed by atoms with E-state index in [0.717, 1.165) is 18.4 Å². The van der Waals surface area contributed by atoms with Crippen molar-refractivity contribution in [2.24, 2.45) is 5.41 Å². The predicted octanol–water partition coefficient (Wildman–Crippen LogP) is 3.21. The van der Waals surface area contributed by atoms with Gasteiger partial charge in [0.2, 0.25) is 6.04 Å². The molecule has 1 aromatic carbocycles. The van der Waals surface area contributed by atoms with E-state index in [9.17, 15) is 14.9 Å². The van der Waals surface area contributed by atoms with Crippen molar-refractivity contribution < 1.29 is 9.72 Å². The van der Waals surface area contributed by atoms with E-state index in [-0.39, 0.29) is 16.6 Å². The van der Waals surface area contributed by atoms with Crippen LogP contribution in [0, 0.1) is 15.5 Å². The second-order valence-electron chi connectivity index (χ2n) is 5.40. The Labute approximate surface area is 115 Å². The fraction of sp³-hybridized carbons (Fsp3) is 0.500. The normalized spacial score (nSPS) is 33.4. The van der Waals surface area contributed by atoms with E-state index in [1.165, 1.54) is 0 Å². The van der Waals surface area contributed by atoms with Crippen LogP contribution in [0.15, 0.2) is 24.3 Å². The third-order valence-corrected chi connectivity index (χ3v) is 4.86. The van der Waals surface area contributed by atoms with Crippen molar-refractivity contribution in [2.45, 2.75) is 37.6 Å². The topological polar surface area (TPSA) is 60.2 Å². The highest BCUT2D eigenvalue weighted by molar-refractivity contribution is 6.31. The van der Waals surface area contributed by atoms with Crippen LogP contribution in [0.3, 0.4) is 0 Å². The molecule has 1 spiro atoms. The molecule has 3 atom stereocenters. The molecule has 0 aliphatic heterocycles. The Morgan fingerprint density at radius 2 is 2.05 bits per heavy atom. The van der Waals surface area contributed by atoms with Crippen molar-refractivity contribution in [3.05, 3.63) is 45.0 Å². The zero-order chi connectivity index (χ0) is 13.6. The van der Waals surface area contributed by atoms with Gasteiger partial charge in [-0.05, 0) is 24.5 Å². The molecule has 3 rings (SSSR count). The Kier molecular flexibility index (Phi) is 2.86. The molecule has 0 aromatic heterocycles. The summed E-state index contributed by atoms with van der Waals surface area (Å²) in [6, 6.07) is 6.36. The number of carbonyl (C=O) groups is 1. The Morgan fingerprint density at radius 3 is 2.68 bits per heavy atom. The van der Waals surface area contributed by atoms with Crippen LogP contribution < -0.4 is 0 Å². The smallest absolute Gasteiger partial charge is 0.234 e. The van der Waals surface area contributed by atoms with Crippen LogP contribution in [-0.2, 0) is 4.79 Å². The largest absolute Gasteiger partial charge is 0.299 e. The summed E-state index contributed by atoms with van der Waals surface area (Å²) in [6.45, 7) is 0. The second-order valence-corrected chi connectivity index (χ2v) is 5.81. The van der Waals surface area contributed by atoms with Crippen molar-refractivity contribution in [3.63, 3.8) is 0 Å². The van der Waals surface area contributed by atoms with Crippen LogP contribution in [0.25, 0.3) is 0 Å². The zero-order valence-electron chi connectivity index (χ0n) is 10.3. The first-order valence-electron chi connectivity index (χ1n) is 6.50. The maximum Gasteiger partial charge on any atom is 0.234 e. The van der Waals surface area contributed by atoms with Crippen LogP contribution in [0.5, 0.6) is 0 Å². The SMILES string of the molecule is O=C1CCCC[C@@]12[C@@H]([N+](=O)[O-])[C@@H]2c1ccccc1Cl. The quantitative estimate of drug-likeness (QED) is 0.617. The van der Waals surface area contributed by atoms with E-state index in [1.54, 1.807) is 18.2 Å². The molecule has 19 heavy (non-hydrogen) atoms. The van der Waals surface area contributed by atoms with Gasteiger partial charge in [0.1, 0.15) is 11.2 Å². The summed E-state index contributed by atoms with van der Waals surface area (Å²) in [5.74, 6) is -0.297. The highest BCUT2D eigenvalue weighted by atomic mass is 35.5. The van der Waals surface area contributed by atoms with Crippen molar-refractivity contribution in [3.8, 4) is 0 Å². The average Bonchev–Trinajstić information content (AvgIpc) is 3.03. The number of benzene rings is 1. The molecule has 1 aromatic rings. The molecule has 4 nitrogen and oxygen atoms in total. The van der Waals surface area contributed by atoms with Gasteiger partial charge in [-0.2, -0.15) is 0 Å². The number of hydrogen-bond donors (Lipinski definition) is 0. The monoisotopic (exact) mass is 279 g/mol. The lowest BCUT2D eigenvalue weighted by Crippen LogP contribution is -2.27. The third-order valence-electron chi connectivity index (χ3n) is 4.52. The first kappa shape index (κ1) is 12.6. The van der Waals surface area contributed by atoms with Gasteiger partial charge in [0.25, 0.3) is 0 Å². The summed E-state index contributed by atoms with van der Waals surface area (Å²) in [5, 5.41) is 11.8. The van der Waals surface area contributed by atoms with E-state index < -0.39 is 11.5 Å². The van der Waals surface area contributed by atoms with Crippen LogP contribution >= 0.6 is 11.6 Å². The lowest BCUT2D eigenvalue weighted by Gasteiger charge is -2.19.